The summed E-state index contributed by atoms with van der Waals surface area (Å²) in [7, 11) is 2.82. The molecule has 0 fully saturated rings. The molecule has 0 aliphatic carbocycles. The Bertz CT molecular complexity index is 309. The Labute approximate surface area is 89.9 Å². The van der Waals surface area contributed by atoms with E-state index in [1.807, 2.05) is 6.92 Å². The number of aliphatic hydroxyl groups excluding tert-OH is 1. The Balaban J connectivity index is 2.61. The minimum atomic E-state index is 0.106. The van der Waals surface area contributed by atoms with Crippen LogP contribution in [0, 0.1) is 4.91 Å². The van der Waals surface area contributed by atoms with Crippen LogP contribution in [0.5, 0.6) is 0 Å². The molecule has 76 valence electrons. The van der Waals surface area contributed by atoms with Crippen molar-refractivity contribution in [1.29, 1.82) is 0 Å². The van der Waals surface area contributed by atoms with Crippen molar-refractivity contribution in [3.63, 3.8) is 0 Å². The summed E-state index contributed by atoms with van der Waals surface area (Å²) in [5.41, 5.74) is 0.343. The Morgan fingerprint density at radius 1 is 1.71 bits per heavy atom. The molecular formula is C8H10N2O2S2. The van der Waals surface area contributed by atoms with Gasteiger partial charge in [0.15, 0.2) is 0 Å². The molecule has 0 aliphatic rings. The molecule has 6 heteroatoms. The van der Waals surface area contributed by atoms with Gasteiger partial charge in [0.05, 0.1) is 6.61 Å². The van der Waals surface area contributed by atoms with Gasteiger partial charge in [-0.3, -0.25) is 0 Å². The zero-order valence-corrected chi connectivity index (χ0v) is 9.22. The normalized spacial score (nSPS) is 12.4. The third-order valence-electron chi connectivity index (χ3n) is 1.40. The van der Waals surface area contributed by atoms with Crippen LogP contribution in [0.4, 0.5) is 5.69 Å². The SMILES string of the molecule is C[C@H](CO)SSc1ncccc1N=O. The van der Waals surface area contributed by atoms with Crippen LogP contribution in [0.1, 0.15) is 6.92 Å². The van der Waals surface area contributed by atoms with Gasteiger partial charge in [0.1, 0.15) is 10.7 Å². The molecule has 0 bridgehead atoms. The van der Waals surface area contributed by atoms with E-state index in [4.69, 9.17) is 5.11 Å². The molecule has 0 aliphatic heterocycles. The highest BCUT2D eigenvalue weighted by molar-refractivity contribution is 8.76. The van der Waals surface area contributed by atoms with E-state index in [1.54, 1.807) is 18.3 Å². The lowest BCUT2D eigenvalue weighted by Crippen LogP contribution is -1.99. The summed E-state index contributed by atoms with van der Waals surface area (Å²) in [6, 6.07) is 3.29. The summed E-state index contributed by atoms with van der Waals surface area (Å²) in [6.45, 7) is 2.00. The maximum Gasteiger partial charge on any atom is 0.141 e. The Hall–Kier alpha value is -0.590. The van der Waals surface area contributed by atoms with E-state index < -0.39 is 0 Å². The molecule has 0 unspecified atom stereocenters. The maximum absolute atomic E-state index is 10.4. The minimum Gasteiger partial charge on any atom is -0.395 e. The topological polar surface area (TPSA) is 62.6 Å². The zero-order chi connectivity index (χ0) is 10.4. The summed E-state index contributed by atoms with van der Waals surface area (Å²) in [5, 5.41) is 12.4. The molecule has 4 nitrogen and oxygen atoms in total. The molecular weight excluding hydrogens is 220 g/mol. The molecule has 1 heterocycles. The highest BCUT2D eigenvalue weighted by Crippen LogP contribution is 2.37. The van der Waals surface area contributed by atoms with Crippen LogP contribution >= 0.6 is 21.6 Å². The second-order valence-electron chi connectivity index (χ2n) is 2.59. The van der Waals surface area contributed by atoms with Gasteiger partial charge in [-0.25, -0.2) is 4.98 Å². The van der Waals surface area contributed by atoms with Crippen LogP contribution in [0.3, 0.4) is 0 Å². The van der Waals surface area contributed by atoms with Crippen molar-refractivity contribution in [3.05, 3.63) is 23.2 Å². The molecule has 0 saturated heterocycles. The molecule has 1 N–H and O–H groups in total. The maximum atomic E-state index is 10.4. The van der Waals surface area contributed by atoms with Crippen molar-refractivity contribution in [2.24, 2.45) is 5.18 Å². The molecule has 0 spiro atoms. The van der Waals surface area contributed by atoms with Gasteiger partial charge in [-0.2, -0.15) is 0 Å². The van der Waals surface area contributed by atoms with Crippen molar-refractivity contribution >= 4 is 27.3 Å². The van der Waals surface area contributed by atoms with Gasteiger partial charge in [-0.1, -0.05) is 17.7 Å². The number of hydrogen-bond donors (Lipinski definition) is 1. The third kappa shape index (κ3) is 3.28. The highest BCUT2D eigenvalue weighted by Gasteiger charge is 2.07. The second kappa shape index (κ2) is 6.00. The molecule has 1 aromatic heterocycles. The number of nitroso groups, excluding NO2 is 1. The van der Waals surface area contributed by atoms with Gasteiger partial charge < -0.3 is 5.11 Å². The van der Waals surface area contributed by atoms with Gasteiger partial charge in [-0.15, -0.1) is 4.91 Å². The van der Waals surface area contributed by atoms with Gasteiger partial charge in [0.2, 0.25) is 0 Å². The van der Waals surface area contributed by atoms with Crippen molar-refractivity contribution in [2.75, 3.05) is 6.61 Å². The number of rotatable bonds is 5. The van der Waals surface area contributed by atoms with E-state index in [-0.39, 0.29) is 11.9 Å². The van der Waals surface area contributed by atoms with E-state index in [1.165, 1.54) is 21.6 Å². The van der Waals surface area contributed by atoms with E-state index >= 15 is 0 Å². The molecule has 1 atom stereocenters. The summed E-state index contributed by atoms with van der Waals surface area (Å²) < 4.78 is 0. The lowest BCUT2D eigenvalue weighted by atomic mass is 10.4. The summed E-state index contributed by atoms with van der Waals surface area (Å²) >= 11 is 0. The summed E-state index contributed by atoms with van der Waals surface area (Å²) in [6.07, 6.45) is 1.61. The van der Waals surface area contributed by atoms with Crippen LogP contribution < -0.4 is 0 Å². The average molecular weight is 230 g/mol. The quantitative estimate of drug-likeness (QED) is 0.622. The smallest absolute Gasteiger partial charge is 0.141 e. The number of hydrogen-bond acceptors (Lipinski definition) is 6. The van der Waals surface area contributed by atoms with Crippen LogP contribution in [0.15, 0.2) is 28.5 Å². The average Bonchev–Trinajstić information content (AvgIpc) is 2.26. The molecule has 0 amide bonds. The molecule has 0 radical (unpaired) electrons. The zero-order valence-electron chi connectivity index (χ0n) is 7.58. The molecule has 0 saturated carbocycles. The number of aromatic nitrogens is 1. The van der Waals surface area contributed by atoms with Gasteiger partial charge in [-0.05, 0) is 28.1 Å². The lowest BCUT2D eigenvalue weighted by Gasteiger charge is -2.05. The minimum absolute atomic E-state index is 0.106. The van der Waals surface area contributed by atoms with Crippen LogP contribution in [0.25, 0.3) is 0 Å². The van der Waals surface area contributed by atoms with Gasteiger partial charge in [0.25, 0.3) is 0 Å². The lowest BCUT2D eigenvalue weighted by molar-refractivity contribution is 0.300. The fraction of sp³-hybridized carbons (Fsp3) is 0.375. The molecule has 14 heavy (non-hydrogen) atoms. The summed E-state index contributed by atoms with van der Waals surface area (Å²) in [4.78, 5) is 14.4. The van der Waals surface area contributed by atoms with E-state index in [0.717, 1.165) is 0 Å². The molecule has 1 rings (SSSR count). The van der Waals surface area contributed by atoms with Crippen LogP contribution in [-0.4, -0.2) is 21.9 Å². The highest BCUT2D eigenvalue weighted by atomic mass is 33.1. The van der Waals surface area contributed by atoms with Crippen LogP contribution in [0.2, 0.25) is 0 Å². The first-order valence-electron chi connectivity index (χ1n) is 4.00. The van der Waals surface area contributed by atoms with Crippen molar-refractivity contribution in [1.82, 2.24) is 4.98 Å². The van der Waals surface area contributed by atoms with Gasteiger partial charge in [0, 0.05) is 11.4 Å². The fourth-order valence-electron chi connectivity index (χ4n) is 0.674. The van der Waals surface area contributed by atoms with Crippen LogP contribution in [-0.2, 0) is 0 Å². The Morgan fingerprint density at radius 3 is 3.14 bits per heavy atom. The standard InChI is InChI=1S/C8H10N2O2S2/c1-6(5-11)13-14-8-7(10-12)3-2-4-9-8/h2-4,6,11H,5H2,1H3/t6-/m1/s1. The first-order valence-corrected chi connectivity index (χ1v) is 6.21. The first-order chi connectivity index (χ1) is 6.77. The first kappa shape index (κ1) is 11.5. The van der Waals surface area contributed by atoms with E-state index in [2.05, 4.69) is 10.2 Å². The van der Waals surface area contributed by atoms with Gasteiger partial charge >= 0.3 is 0 Å². The second-order valence-corrected chi connectivity index (χ2v) is 5.22. The fourth-order valence-corrected chi connectivity index (χ4v) is 2.62. The van der Waals surface area contributed by atoms with E-state index in [0.29, 0.717) is 10.7 Å². The number of nitrogens with zero attached hydrogens (tertiary/aromatic N) is 2. The Kier molecular flexibility index (Phi) is 4.92. The Morgan fingerprint density at radius 2 is 2.50 bits per heavy atom. The monoisotopic (exact) mass is 230 g/mol. The van der Waals surface area contributed by atoms with E-state index in [9.17, 15) is 4.91 Å². The number of aliphatic hydroxyl groups is 1. The number of pyridine rings is 1. The summed E-state index contributed by atoms with van der Waals surface area (Å²) in [5.74, 6) is 0. The predicted molar refractivity (Wildman–Crippen MR) is 59.7 cm³/mol. The largest absolute Gasteiger partial charge is 0.395 e. The molecule has 0 aromatic carbocycles. The van der Waals surface area contributed by atoms with Crippen molar-refractivity contribution in [3.8, 4) is 0 Å². The molecule has 1 aromatic rings. The predicted octanol–water partition coefficient (Wildman–Crippen LogP) is 2.60. The van der Waals surface area contributed by atoms with Crippen molar-refractivity contribution in [2.45, 2.75) is 17.2 Å². The third-order valence-corrected chi connectivity index (χ3v) is 4.19. The van der Waals surface area contributed by atoms with Crippen molar-refractivity contribution < 1.29 is 5.11 Å².